The molecule has 18 nitrogen and oxygen atoms in total. The number of rotatable bonds is 4. The average molecular weight is 1090 g/mol. The average Bonchev–Trinajstić information content (AvgIpc) is 3.75. The van der Waals surface area contributed by atoms with Gasteiger partial charge in [0.1, 0.15) is 12.2 Å². The van der Waals surface area contributed by atoms with E-state index >= 15 is 0 Å². The Labute approximate surface area is 419 Å². The number of carboxylic acid groups (broad SMARTS) is 2. The lowest BCUT2D eigenvalue weighted by atomic mass is 10.2. The number of carboxylic acids is 2. The third kappa shape index (κ3) is 37.6. The van der Waals surface area contributed by atoms with Crippen molar-refractivity contribution in [3.8, 4) is 0 Å². The summed E-state index contributed by atoms with van der Waals surface area (Å²) in [7, 11) is 0. The van der Waals surface area contributed by atoms with Gasteiger partial charge in [-0.3, -0.25) is 38.8 Å². The van der Waals surface area contributed by atoms with Crippen molar-refractivity contribution >= 4 is 111 Å². The van der Waals surface area contributed by atoms with E-state index in [1.54, 1.807) is 77.6 Å². The predicted octanol–water partition coefficient (Wildman–Crippen LogP) is 6.81. The minimum Gasteiger partial charge on any atom is -0.478 e. The molecule has 2 heterocycles. The van der Waals surface area contributed by atoms with Crippen LogP contribution in [0.5, 0.6) is 0 Å². The van der Waals surface area contributed by atoms with Gasteiger partial charge in [0.05, 0.1) is 11.1 Å². The maximum absolute atomic E-state index is 11.8. The van der Waals surface area contributed by atoms with E-state index in [1.165, 1.54) is 0 Å². The van der Waals surface area contributed by atoms with Crippen molar-refractivity contribution in [3.63, 3.8) is 0 Å². The molecule has 4 aliphatic carbocycles. The zero-order chi connectivity index (χ0) is 55.1. The number of thiol groups is 1. The van der Waals surface area contributed by atoms with Crippen molar-refractivity contribution in [2.45, 2.75) is 25.7 Å². The molecule has 6 aliphatic rings. The number of carbonyl (C=O) groups excluding carboxylic acids is 9. The fraction of sp³-hybridized carbons (Fsp3) is 0.0851. The molecule has 2 aliphatic heterocycles. The molecule has 0 saturated carbocycles. The Morgan fingerprint density at radius 3 is 1.25 bits per heavy atom. The molecule has 0 aromatic rings. The van der Waals surface area contributed by atoms with Gasteiger partial charge in [0.2, 0.25) is 12.6 Å². The Morgan fingerprint density at radius 2 is 0.926 bits per heavy atom. The van der Waals surface area contributed by atoms with E-state index in [0.717, 1.165) is 4.48 Å². The van der Waals surface area contributed by atoms with Crippen LogP contribution in [0.4, 0.5) is 0 Å². The van der Waals surface area contributed by atoms with Gasteiger partial charge < -0.3 is 24.6 Å². The molecule has 4 N–H and O–H groups in total. The molecule has 2 fully saturated rings. The minimum absolute atomic E-state index is 0. The van der Waals surface area contributed by atoms with Crippen LogP contribution in [0.15, 0.2) is 192 Å². The normalized spacial score (nSPS) is 19.5. The van der Waals surface area contributed by atoms with Crippen LogP contribution in [-0.4, -0.2) is 91.7 Å². The van der Waals surface area contributed by atoms with Crippen molar-refractivity contribution in [1.29, 1.82) is 0 Å². The monoisotopic (exact) mass is 1090 g/mol. The van der Waals surface area contributed by atoms with Gasteiger partial charge in [0, 0.05) is 30.2 Å². The Balaban J connectivity index is -0.000000782. The third-order valence-corrected chi connectivity index (χ3v) is 7.28. The number of hydrogen-bond acceptors (Lipinski definition) is 14. The van der Waals surface area contributed by atoms with E-state index in [0.29, 0.717) is 10.6 Å². The summed E-state index contributed by atoms with van der Waals surface area (Å²) in [5.41, 5.74) is 0.564. The molecule has 0 spiro atoms. The summed E-state index contributed by atoms with van der Waals surface area (Å²) in [5, 5.41) is 24.4. The van der Waals surface area contributed by atoms with Crippen molar-refractivity contribution in [3.05, 3.63) is 192 Å². The van der Waals surface area contributed by atoms with Crippen LogP contribution in [0, 0.1) is 0 Å². The lowest BCUT2D eigenvalue weighted by molar-refractivity contribution is -0.194. The lowest BCUT2D eigenvalue weighted by Crippen LogP contribution is -2.32. The molecular formula is C47H47Br2N3O15S. The van der Waals surface area contributed by atoms with E-state index in [-0.39, 0.29) is 43.1 Å². The first-order valence-electron chi connectivity index (χ1n) is 20.7. The van der Waals surface area contributed by atoms with Crippen molar-refractivity contribution < 1.29 is 78.5 Å². The quantitative estimate of drug-likeness (QED) is 0.0483. The molecule has 21 heteroatoms. The fourth-order valence-electron chi connectivity index (χ4n) is 3.83. The largest absolute Gasteiger partial charge is 0.478 e. The van der Waals surface area contributed by atoms with Gasteiger partial charge in [-0.15, -0.1) is 5.06 Å². The van der Waals surface area contributed by atoms with Gasteiger partial charge in [-0.25, -0.2) is 14.4 Å². The second-order valence-corrected chi connectivity index (χ2v) is 12.7. The van der Waals surface area contributed by atoms with Crippen LogP contribution in [0.25, 0.3) is 0 Å². The number of amides is 5. The van der Waals surface area contributed by atoms with Crippen LogP contribution in [0.1, 0.15) is 31.2 Å². The molecule has 6 rings (SSSR count). The summed E-state index contributed by atoms with van der Waals surface area (Å²) >= 11 is 8.89. The number of hydroxylamine groups is 4. The van der Waals surface area contributed by atoms with Crippen molar-refractivity contribution in [1.82, 2.24) is 14.8 Å². The number of allylic oxidation sites excluding steroid dienone is 28. The molecule has 360 valence electrons. The van der Waals surface area contributed by atoms with Crippen molar-refractivity contribution in [2.24, 2.45) is 0 Å². The zero-order valence-electron chi connectivity index (χ0n) is 39.5. The number of nitrogens with one attached hydrogen (secondary N) is 1. The number of aldehydes is 1. The van der Waals surface area contributed by atoms with Gasteiger partial charge in [-0.1, -0.05) is 168 Å². The van der Waals surface area contributed by atoms with Crippen LogP contribution < -0.4 is 4.72 Å². The molecule has 5 amide bonds. The predicted molar refractivity (Wildman–Crippen MR) is 264 cm³/mol. The molecule has 2 saturated heterocycles. The first-order chi connectivity index (χ1) is 34.2. The van der Waals surface area contributed by atoms with Crippen LogP contribution in [-0.2, 0) is 57.6 Å². The summed E-state index contributed by atoms with van der Waals surface area (Å²) in [6.07, 6.45) is 51.6. The van der Waals surface area contributed by atoms with E-state index in [1.807, 2.05) is 103 Å². The minimum atomic E-state index is -1.71. The second-order valence-electron chi connectivity index (χ2n) is 11.3. The van der Waals surface area contributed by atoms with E-state index in [2.05, 4.69) is 44.7 Å². The number of imide groups is 2. The molecule has 0 aromatic heterocycles. The zero-order valence-corrected chi connectivity index (χ0v) is 39.6. The van der Waals surface area contributed by atoms with Gasteiger partial charge in [-0.2, -0.15) is 5.06 Å². The highest BCUT2D eigenvalue weighted by molar-refractivity contribution is 9.17. The molecule has 0 unspecified atom stereocenters. The lowest BCUT2D eigenvalue weighted by Gasteiger charge is -2.12. The maximum atomic E-state index is 11.8. The Hall–Kier alpha value is -7.72. The summed E-state index contributed by atoms with van der Waals surface area (Å²) in [4.78, 5) is 115. The highest BCUT2D eigenvalue weighted by atomic mass is 79.9. The molecule has 68 heavy (non-hydrogen) atoms. The van der Waals surface area contributed by atoms with Gasteiger partial charge in [0.15, 0.2) is 5.17 Å². The maximum Gasteiger partial charge on any atom is 0.368 e. The number of carbonyl (C=O) groups is 11. The first-order valence-corrected chi connectivity index (χ1v) is 20.7. The topological polar surface area (TPSA) is 276 Å². The second kappa shape index (κ2) is 45.8. The van der Waals surface area contributed by atoms with E-state index < -0.39 is 59.4 Å². The van der Waals surface area contributed by atoms with Gasteiger partial charge in [0.25, 0.3) is 23.6 Å². The van der Waals surface area contributed by atoms with E-state index in [4.69, 9.17) is 40.1 Å². The molecule has 0 bridgehead atoms. The van der Waals surface area contributed by atoms with Gasteiger partial charge in [-0.05, 0) is 52.4 Å². The first kappa shape index (κ1) is 56.4. The summed E-state index contributed by atoms with van der Waals surface area (Å²) in [6.45, 7) is 0. The Bertz CT molecular complexity index is 2310. The Kier molecular flexibility index (Phi) is 38.0. The number of halogens is 2. The molecule has 0 atom stereocenters. The summed E-state index contributed by atoms with van der Waals surface area (Å²) in [5.74, 6) is -5.32. The standard InChI is InChI=1S/C13H11NO4.C9H8O2.C8H7Br.C8H8.C4H5NO3.C2H2O3.CHBrO.CH3NOS.CH2O/c15-11-8-9-12(16)14(11)18-13(17)10-6-4-2-1-3-5-7-10;10-9(11)8-6-4-2-1-3-5-7-8;9-8-6-4-2-1-3-5-7-8;1-2-4-6-8-7-5-3-1;6-3-1-2-4(7)5(3)8;3-1-2(4)5;2-1-3;3-1-2-4;1-2/h1-7H,8-9H2;1-7H,(H,10,11);1-7H;1-8H;8H,1-2H2;1H,(H,4,5);1H;1,4H,(H,2,3);1H2/b2-1-,3-1?,4-2?,5-3-,6-4?,7-5?,10-6?,10-7?;3*2-1-,3-1?,4-2?,5-3-,6-4?,7-5?,8-6?,8-7?;;;;;/i;;;;;4*1T. The number of nitrogens with zero attached hydrogens (tertiary/aromatic N) is 2. The SMILES string of the molecule is BrC1=C/C=C\C=C/C=C1.C1=C/C=C\C=C/C=C1.O=C(O)C1=C/C=C\C=C/C=C1.O=C(ON1C(=O)CCC1=O)C1=C/C=C\C=C/C=C1.O=C1CCC(=O)N1O.[3H]C(=O)Br.[3H]C(=O)C(=O)O.[3H]C(=O)NS.[3H]C=O. The number of hydrogen-bond donors (Lipinski definition) is 5. The molecule has 0 aromatic carbocycles. The summed E-state index contributed by atoms with van der Waals surface area (Å²) < 4.78 is 26.0. The Morgan fingerprint density at radius 1 is 0.632 bits per heavy atom. The number of aliphatic carboxylic acids is 2. The van der Waals surface area contributed by atoms with Crippen LogP contribution in [0.2, 0.25) is 0 Å². The van der Waals surface area contributed by atoms with Gasteiger partial charge >= 0.3 is 17.9 Å². The smallest absolute Gasteiger partial charge is 0.368 e. The van der Waals surface area contributed by atoms with Crippen LogP contribution >= 0.6 is 44.7 Å². The molecule has 0 radical (unpaired) electrons. The van der Waals surface area contributed by atoms with Crippen molar-refractivity contribution in [2.75, 3.05) is 0 Å². The third-order valence-electron chi connectivity index (χ3n) is 6.66. The summed E-state index contributed by atoms with van der Waals surface area (Å²) in [6, 6.07) is 0. The van der Waals surface area contributed by atoms with E-state index in [9.17, 15) is 38.4 Å². The molecular weight excluding hydrogens is 1040 g/mol. The van der Waals surface area contributed by atoms with Crippen LogP contribution in [0.3, 0.4) is 0 Å². The fourth-order valence-corrected chi connectivity index (χ4v) is 4.13. The highest BCUT2D eigenvalue weighted by Gasteiger charge is 2.33. The highest BCUT2D eigenvalue weighted by Crippen LogP contribution is 2.15.